The number of anilines is 3. The number of rotatable bonds is 4. The minimum Gasteiger partial charge on any atom is -0.368 e. The number of halogens is 2. The van der Waals surface area contributed by atoms with Crippen LogP contribution in [-0.4, -0.2) is 15.0 Å². The molecule has 3 N–H and O–H groups in total. The molecule has 0 aliphatic carbocycles. The van der Waals surface area contributed by atoms with E-state index in [1.165, 1.54) is 0 Å². The van der Waals surface area contributed by atoms with Crippen molar-refractivity contribution >= 4 is 51.4 Å². The number of benzene rings is 3. The standard InChI is InChI=1S/C25H17Cl2N5/c26-16-7-10-19-21(11-12-29-23(19)13-16)30-17-8-5-15(6-9-17)22-14-24(32-25(28)31-22)18-3-1-2-4-20(18)27/h1-14H,(H,29,30)(H2,28,31,32). The Morgan fingerprint density at radius 2 is 1.56 bits per heavy atom. The second-order valence-corrected chi connectivity index (χ2v) is 8.04. The maximum absolute atomic E-state index is 6.34. The fourth-order valence-corrected chi connectivity index (χ4v) is 3.93. The van der Waals surface area contributed by atoms with Crippen LogP contribution < -0.4 is 11.1 Å². The first-order chi connectivity index (χ1) is 15.6. The fourth-order valence-electron chi connectivity index (χ4n) is 3.53. The summed E-state index contributed by atoms with van der Waals surface area (Å²) in [5.74, 6) is 0.196. The summed E-state index contributed by atoms with van der Waals surface area (Å²) in [6.45, 7) is 0. The molecule has 156 valence electrons. The molecule has 0 fully saturated rings. The second kappa shape index (κ2) is 8.46. The third-order valence-corrected chi connectivity index (χ3v) is 5.62. The minimum atomic E-state index is 0.196. The first kappa shape index (κ1) is 20.2. The molecule has 0 unspecified atom stereocenters. The lowest BCUT2D eigenvalue weighted by atomic mass is 10.1. The van der Waals surface area contributed by atoms with E-state index in [0.717, 1.165) is 39.1 Å². The Morgan fingerprint density at radius 3 is 2.38 bits per heavy atom. The molecule has 32 heavy (non-hydrogen) atoms. The van der Waals surface area contributed by atoms with Crippen LogP contribution in [0.25, 0.3) is 33.4 Å². The van der Waals surface area contributed by atoms with Gasteiger partial charge in [0.1, 0.15) is 0 Å². The van der Waals surface area contributed by atoms with Crippen molar-refractivity contribution in [1.82, 2.24) is 15.0 Å². The summed E-state index contributed by atoms with van der Waals surface area (Å²) in [5, 5.41) is 5.71. The van der Waals surface area contributed by atoms with Gasteiger partial charge in [-0.3, -0.25) is 4.98 Å². The van der Waals surface area contributed by atoms with Gasteiger partial charge in [0.05, 0.1) is 16.9 Å². The van der Waals surface area contributed by atoms with Gasteiger partial charge in [-0.15, -0.1) is 0 Å². The monoisotopic (exact) mass is 457 g/mol. The highest BCUT2D eigenvalue weighted by Crippen LogP contribution is 2.31. The van der Waals surface area contributed by atoms with Crippen LogP contribution in [0.1, 0.15) is 0 Å². The summed E-state index contributed by atoms with van der Waals surface area (Å²) in [4.78, 5) is 13.1. The molecule has 0 saturated heterocycles. The lowest BCUT2D eigenvalue weighted by molar-refractivity contribution is 1.19. The topological polar surface area (TPSA) is 76.7 Å². The quantitative estimate of drug-likeness (QED) is 0.304. The number of nitrogen functional groups attached to an aromatic ring is 1. The van der Waals surface area contributed by atoms with Crippen molar-refractivity contribution in [3.8, 4) is 22.5 Å². The number of nitrogens with one attached hydrogen (secondary N) is 1. The van der Waals surface area contributed by atoms with E-state index in [-0.39, 0.29) is 5.95 Å². The zero-order valence-electron chi connectivity index (χ0n) is 16.8. The van der Waals surface area contributed by atoms with Crippen molar-refractivity contribution in [3.05, 3.63) is 95.1 Å². The van der Waals surface area contributed by atoms with Crippen LogP contribution in [0.4, 0.5) is 17.3 Å². The van der Waals surface area contributed by atoms with Crippen LogP contribution in [0.3, 0.4) is 0 Å². The molecule has 0 radical (unpaired) electrons. The van der Waals surface area contributed by atoms with Crippen molar-refractivity contribution in [2.75, 3.05) is 11.1 Å². The summed E-state index contributed by atoms with van der Waals surface area (Å²) in [7, 11) is 0. The molecular formula is C25H17Cl2N5. The molecule has 2 aromatic heterocycles. The van der Waals surface area contributed by atoms with Gasteiger partial charge in [0, 0.05) is 44.1 Å². The van der Waals surface area contributed by atoms with Crippen LogP contribution in [0.5, 0.6) is 0 Å². The Balaban J connectivity index is 1.45. The van der Waals surface area contributed by atoms with Gasteiger partial charge < -0.3 is 11.1 Å². The highest BCUT2D eigenvalue weighted by Gasteiger charge is 2.10. The number of aromatic nitrogens is 3. The normalized spacial score (nSPS) is 10.9. The Morgan fingerprint density at radius 1 is 0.781 bits per heavy atom. The van der Waals surface area contributed by atoms with Crippen molar-refractivity contribution in [3.63, 3.8) is 0 Å². The molecule has 5 aromatic rings. The first-order valence-electron chi connectivity index (χ1n) is 9.88. The van der Waals surface area contributed by atoms with E-state index in [0.29, 0.717) is 15.7 Å². The lowest BCUT2D eigenvalue weighted by Gasteiger charge is -2.11. The lowest BCUT2D eigenvalue weighted by Crippen LogP contribution is -1.99. The number of hydrogen-bond acceptors (Lipinski definition) is 5. The predicted octanol–water partition coefficient (Wildman–Crippen LogP) is 6.99. The van der Waals surface area contributed by atoms with Crippen molar-refractivity contribution < 1.29 is 0 Å². The van der Waals surface area contributed by atoms with Gasteiger partial charge in [-0.25, -0.2) is 9.97 Å². The molecule has 3 aromatic carbocycles. The fraction of sp³-hybridized carbons (Fsp3) is 0. The first-order valence-corrected chi connectivity index (χ1v) is 10.6. The van der Waals surface area contributed by atoms with E-state index in [9.17, 15) is 0 Å². The smallest absolute Gasteiger partial charge is 0.221 e. The van der Waals surface area contributed by atoms with Crippen LogP contribution in [0, 0.1) is 0 Å². The summed E-state index contributed by atoms with van der Waals surface area (Å²) in [5.41, 5.74) is 11.8. The zero-order chi connectivity index (χ0) is 22.1. The van der Waals surface area contributed by atoms with Gasteiger partial charge in [0.25, 0.3) is 0 Å². The number of fused-ring (bicyclic) bond motifs is 1. The van der Waals surface area contributed by atoms with Gasteiger partial charge in [-0.05, 0) is 48.5 Å². The number of nitrogens with two attached hydrogens (primary N) is 1. The highest BCUT2D eigenvalue weighted by atomic mass is 35.5. The van der Waals surface area contributed by atoms with Gasteiger partial charge >= 0.3 is 0 Å². The molecule has 5 rings (SSSR count). The summed E-state index contributed by atoms with van der Waals surface area (Å²) >= 11 is 12.4. The second-order valence-electron chi connectivity index (χ2n) is 7.20. The number of hydrogen-bond donors (Lipinski definition) is 2. The van der Waals surface area contributed by atoms with Crippen LogP contribution in [-0.2, 0) is 0 Å². The molecule has 0 bridgehead atoms. The molecule has 0 amide bonds. The molecule has 0 saturated carbocycles. The van der Waals surface area contributed by atoms with Gasteiger partial charge in [0.15, 0.2) is 0 Å². The average Bonchev–Trinajstić information content (AvgIpc) is 2.79. The zero-order valence-corrected chi connectivity index (χ0v) is 18.3. The molecule has 0 atom stereocenters. The molecule has 0 aliphatic heterocycles. The van der Waals surface area contributed by atoms with Crippen molar-refractivity contribution in [1.29, 1.82) is 0 Å². The third kappa shape index (κ3) is 4.08. The van der Waals surface area contributed by atoms with E-state index < -0.39 is 0 Å². The van der Waals surface area contributed by atoms with E-state index in [2.05, 4.69) is 20.3 Å². The van der Waals surface area contributed by atoms with Gasteiger partial charge in [-0.1, -0.05) is 53.5 Å². The highest BCUT2D eigenvalue weighted by molar-refractivity contribution is 6.33. The summed E-state index contributed by atoms with van der Waals surface area (Å²) < 4.78 is 0. The molecule has 2 heterocycles. The largest absolute Gasteiger partial charge is 0.368 e. The molecule has 0 aliphatic rings. The van der Waals surface area contributed by atoms with E-state index in [4.69, 9.17) is 28.9 Å². The van der Waals surface area contributed by atoms with Crippen LogP contribution >= 0.6 is 23.2 Å². The summed E-state index contributed by atoms with van der Waals surface area (Å²) in [6.07, 6.45) is 1.76. The van der Waals surface area contributed by atoms with Crippen LogP contribution in [0.15, 0.2) is 85.1 Å². The Hall–Kier alpha value is -3.67. The predicted molar refractivity (Wildman–Crippen MR) is 132 cm³/mol. The van der Waals surface area contributed by atoms with E-state index in [1.807, 2.05) is 78.9 Å². The minimum absolute atomic E-state index is 0.196. The van der Waals surface area contributed by atoms with Crippen molar-refractivity contribution in [2.45, 2.75) is 0 Å². The summed E-state index contributed by atoms with van der Waals surface area (Å²) in [6, 6.07) is 25.0. The SMILES string of the molecule is Nc1nc(-c2ccc(Nc3ccnc4cc(Cl)ccc34)cc2)cc(-c2ccccc2Cl)n1. The number of pyridine rings is 1. The van der Waals surface area contributed by atoms with Gasteiger partial charge in [0.2, 0.25) is 5.95 Å². The Labute approximate surface area is 194 Å². The average molecular weight is 458 g/mol. The van der Waals surface area contributed by atoms with E-state index >= 15 is 0 Å². The molecule has 0 spiro atoms. The Bertz CT molecular complexity index is 1430. The van der Waals surface area contributed by atoms with Crippen LogP contribution in [0.2, 0.25) is 10.0 Å². The van der Waals surface area contributed by atoms with E-state index in [1.54, 1.807) is 6.20 Å². The van der Waals surface area contributed by atoms with Crippen molar-refractivity contribution in [2.24, 2.45) is 0 Å². The molecular weight excluding hydrogens is 441 g/mol. The number of nitrogens with zero attached hydrogens (tertiary/aromatic N) is 3. The molecule has 7 heteroatoms. The Kier molecular flexibility index (Phi) is 5.35. The molecule has 5 nitrogen and oxygen atoms in total. The maximum atomic E-state index is 6.34. The maximum Gasteiger partial charge on any atom is 0.221 e. The van der Waals surface area contributed by atoms with Gasteiger partial charge in [-0.2, -0.15) is 0 Å². The third-order valence-electron chi connectivity index (χ3n) is 5.06.